The highest BCUT2D eigenvalue weighted by Gasteiger charge is 2.25. The number of nitrogens with one attached hydrogen (secondary N) is 1. The van der Waals surface area contributed by atoms with Gasteiger partial charge in [-0.05, 0) is 50.1 Å². The van der Waals surface area contributed by atoms with E-state index in [0.29, 0.717) is 5.41 Å². The van der Waals surface area contributed by atoms with Crippen LogP contribution in [0.2, 0.25) is 0 Å². The quantitative estimate of drug-likeness (QED) is 0.741. The second-order valence-electron chi connectivity index (χ2n) is 6.90. The minimum absolute atomic E-state index is 0.545. The SMILES string of the molecule is CC1(C)CCCN(CCNCC2CCCC2)C1. The fraction of sp³-hybridized carbons (Fsp3) is 1.00. The highest BCUT2D eigenvalue weighted by atomic mass is 15.1. The molecule has 0 radical (unpaired) electrons. The number of nitrogens with zero attached hydrogens (tertiary/aromatic N) is 1. The van der Waals surface area contributed by atoms with Crippen LogP contribution in [-0.2, 0) is 0 Å². The maximum atomic E-state index is 3.66. The molecule has 0 amide bonds. The van der Waals surface area contributed by atoms with Gasteiger partial charge in [-0.15, -0.1) is 0 Å². The normalized spacial score (nSPS) is 26.5. The van der Waals surface area contributed by atoms with Crippen molar-refractivity contribution < 1.29 is 0 Å². The fourth-order valence-electron chi connectivity index (χ4n) is 3.49. The van der Waals surface area contributed by atoms with E-state index >= 15 is 0 Å². The van der Waals surface area contributed by atoms with E-state index in [1.807, 2.05) is 0 Å². The Hall–Kier alpha value is -0.0800. The second kappa shape index (κ2) is 6.19. The Morgan fingerprint density at radius 2 is 1.94 bits per heavy atom. The summed E-state index contributed by atoms with van der Waals surface area (Å²) in [6, 6.07) is 0. The van der Waals surface area contributed by atoms with Crippen molar-refractivity contribution in [1.82, 2.24) is 10.2 Å². The predicted molar refractivity (Wildman–Crippen MR) is 74.3 cm³/mol. The molecular formula is C15H30N2. The Balaban J connectivity index is 1.55. The zero-order valence-corrected chi connectivity index (χ0v) is 11.8. The smallest absolute Gasteiger partial charge is 0.0107 e. The first-order valence-electron chi connectivity index (χ1n) is 7.59. The van der Waals surface area contributed by atoms with Crippen LogP contribution in [0.5, 0.6) is 0 Å². The third kappa shape index (κ3) is 4.59. The number of hydrogen-bond donors (Lipinski definition) is 1. The molecule has 17 heavy (non-hydrogen) atoms. The average Bonchev–Trinajstić information content (AvgIpc) is 2.76. The lowest BCUT2D eigenvalue weighted by Gasteiger charge is -2.38. The largest absolute Gasteiger partial charge is 0.315 e. The van der Waals surface area contributed by atoms with Gasteiger partial charge in [-0.2, -0.15) is 0 Å². The lowest BCUT2D eigenvalue weighted by molar-refractivity contribution is 0.118. The summed E-state index contributed by atoms with van der Waals surface area (Å²) in [7, 11) is 0. The topological polar surface area (TPSA) is 15.3 Å². The van der Waals surface area contributed by atoms with E-state index in [-0.39, 0.29) is 0 Å². The molecule has 1 saturated carbocycles. The van der Waals surface area contributed by atoms with Gasteiger partial charge < -0.3 is 10.2 Å². The van der Waals surface area contributed by atoms with Gasteiger partial charge in [0.05, 0.1) is 0 Å². The van der Waals surface area contributed by atoms with Crippen molar-refractivity contribution in [2.24, 2.45) is 11.3 Å². The lowest BCUT2D eigenvalue weighted by atomic mass is 9.84. The maximum Gasteiger partial charge on any atom is 0.0107 e. The first kappa shape index (κ1) is 13.4. The molecule has 1 aliphatic heterocycles. The fourth-order valence-corrected chi connectivity index (χ4v) is 3.49. The van der Waals surface area contributed by atoms with Crippen LogP contribution >= 0.6 is 0 Å². The van der Waals surface area contributed by atoms with Gasteiger partial charge in [0.2, 0.25) is 0 Å². The molecule has 0 unspecified atom stereocenters. The van der Waals surface area contributed by atoms with E-state index < -0.39 is 0 Å². The average molecular weight is 238 g/mol. The molecule has 1 saturated heterocycles. The minimum Gasteiger partial charge on any atom is -0.315 e. The van der Waals surface area contributed by atoms with Crippen molar-refractivity contribution in [3.05, 3.63) is 0 Å². The molecule has 0 aromatic heterocycles. The zero-order valence-electron chi connectivity index (χ0n) is 11.8. The Kier molecular flexibility index (Phi) is 4.87. The van der Waals surface area contributed by atoms with Crippen molar-refractivity contribution in [2.75, 3.05) is 32.7 Å². The van der Waals surface area contributed by atoms with E-state index in [1.165, 1.54) is 71.2 Å². The van der Waals surface area contributed by atoms with E-state index in [4.69, 9.17) is 0 Å². The maximum absolute atomic E-state index is 3.66. The molecule has 0 aromatic rings. The van der Waals surface area contributed by atoms with Crippen LogP contribution in [0.1, 0.15) is 52.4 Å². The molecule has 1 aliphatic carbocycles. The number of rotatable bonds is 5. The standard InChI is InChI=1S/C15H30N2/c1-15(2)8-5-10-17(13-15)11-9-16-12-14-6-3-4-7-14/h14,16H,3-13H2,1-2H3. The molecule has 1 heterocycles. The summed E-state index contributed by atoms with van der Waals surface area (Å²) in [6.45, 7) is 11.1. The first-order valence-corrected chi connectivity index (χ1v) is 7.59. The highest BCUT2D eigenvalue weighted by Crippen LogP contribution is 2.28. The van der Waals surface area contributed by atoms with Crippen LogP contribution in [0.25, 0.3) is 0 Å². The van der Waals surface area contributed by atoms with Crippen LogP contribution in [0.3, 0.4) is 0 Å². The van der Waals surface area contributed by atoms with E-state index in [2.05, 4.69) is 24.1 Å². The van der Waals surface area contributed by atoms with Crippen LogP contribution in [0, 0.1) is 11.3 Å². The van der Waals surface area contributed by atoms with Gasteiger partial charge in [0.25, 0.3) is 0 Å². The van der Waals surface area contributed by atoms with Crippen LogP contribution in [0.15, 0.2) is 0 Å². The van der Waals surface area contributed by atoms with Gasteiger partial charge in [0.15, 0.2) is 0 Å². The van der Waals surface area contributed by atoms with Crippen LogP contribution < -0.4 is 5.32 Å². The molecule has 2 rings (SSSR count). The molecule has 2 nitrogen and oxygen atoms in total. The van der Waals surface area contributed by atoms with Gasteiger partial charge in [0.1, 0.15) is 0 Å². The monoisotopic (exact) mass is 238 g/mol. The van der Waals surface area contributed by atoms with Crippen molar-refractivity contribution in [1.29, 1.82) is 0 Å². The highest BCUT2D eigenvalue weighted by molar-refractivity contribution is 4.80. The molecule has 2 heteroatoms. The Bertz CT molecular complexity index is 219. The van der Waals surface area contributed by atoms with Crippen molar-refractivity contribution in [3.8, 4) is 0 Å². The molecule has 2 fully saturated rings. The summed E-state index contributed by atoms with van der Waals surface area (Å²) < 4.78 is 0. The Labute approximate surface area is 107 Å². The van der Waals surface area contributed by atoms with Gasteiger partial charge >= 0.3 is 0 Å². The van der Waals surface area contributed by atoms with Gasteiger partial charge in [-0.25, -0.2) is 0 Å². The van der Waals surface area contributed by atoms with Gasteiger partial charge in [0, 0.05) is 19.6 Å². The Morgan fingerprint density at radius 1 is 1.18 bits per heavy atom. The number of hydrogen-bond acceptors (Lipinski definition) is 2. The van der Waals surface area contributed by atoms with E-state index in [9.17, 15) is 0 Å². The van der Waals surface area contributed by atoms with E-state index in [0.717, 1.165) is 5.92 Å². The summed E-state index contributed by atoms with van der Waals surface area (Å²) in [5, 5.41) is 3.66. The third-order valence-electron chi connectivity index (χ3n) is 4.49. The third-order valence-corrected chi connectivity index (χ3v) is 4.49. The van der Waals surface area contributed by atoms with Crippen molar-refractivity contribution in [2.45, 2.75) is 52.4 Å². The Morgan fingerprint density at radius 3 is 2.65 bits per heavy atom. The summed E-state index contributed by atoms with van der Waals surface area (Å²) >= 11 is 0. The number of piperidine rings is 1. The van der Waals surface area contributed by atoms with Crippen molar-refractivity contribution >= 4 is 0 Å². The minimum atomic E-state index is 0.545. The molecule has 0 bridgehead atoms. The van der Waals surface area contributed by atoms with Crippen LogP contribution in [0.4, 0.5) is 0 Å². The summed E-state index contributed by atoms with van der Waals surface area (Å²) in [4.78, 5) is 2.64. The molecule has 0 aromatic carbocycles. The van der Waals surface area contributed by atoms with Crippen LogP contribution in [-0.4, -0.2) is 37.6 Å². The second-order valence-corrected chi connectivity index (χ2v) is 6.90. The molecule has 2 aliphatic rings. The van der Waals surface area contributed by atoms with E-state index in [1.54, 1.807) is 0 Å². The number of likely N-dealkylation sites (tertiary alicyclic amines) is 1. The molecular weight excluding hydrogens is 208 g/mol. The molecule has 1 N–H and O–H groups in total. The summed E-state index contributed by atoms with van der Waals surface area (Å²) in [5.41, 5.74) is 0.545. The zero-order chi connectivity index (χ0) is 12.1. The first-order chi connectivity index (χ1) is 8.16. The van der Waals surface area contributed by atoms with Gasteiger partial charge in [-0.1, -0.05) is 26.7 Å². The van der Waals surface area contributed by atoms with Gasteiger partial charge in [-0.3, -0.25) is 0 Å². The van der Waals surface area contributed by atoms with Crippen molar-refractivity contribution in [3.63, 3.8) is 0 Å². The molecule has 0 atom stereocenters. The molecule has 100 valence electrons. The summed E-state index contributed by atoms with van der Waals surface area (Å²) in [6.07, 6.45) is 8.64. The summed E-state index contributed by atoms with van der Waals surface area (Å²) in [5.74, 6) is 0.979. The lowest BCUT2D eigenvalue weighted by Crippen LogP contribution is -2.43. The molecule has 0 spiro atoms. The predicted octanol–water partition coefficient (Wildman–Crippen LogP) is 2.89.